The minimum atomic E-state index is -0.359. The minimum absolute atomic E-state index is 0.281. The maximum Gasteiger partial charge on any atom is 0.341 e. The summed E-state index contributed by atoms with van der Waals surface area (Å²) in [5.41, 5.74) is 4.36. The summed E-state index contributed by atoms with van der Waals surface area (Å²) >= 11 is 6.39. The van der Waals surface area contributed by atoms with Crippen LogP contribution < -0.4 is 14.4 Å². The van der Waals surface area contributed by atoms with E-state index < -0.39 is 0 Å². The lowest BCUT2D eigenvalue weighted by Gasteiger charge is -2.37. The van der Waals surface area contributed by atoms with Crippen LogP contribution >= 0.6 is 11.6 Å². The van der Waals surface area contributed by atoms with Gasteiger partial charge in [-0.2, -0.15) is 0 Å². The zero-order valence-electron chi connectivity index (χ0n) is 18.8. The Hall–Kier alpha value is -3.03. The van der Waals surface area contributed by atoms with Crippen molar-refractivity contribution in [1.82, 2.24) is 9.88 Å². The van der Waals surface area contributed by atoms with Crippen LogP contribution in [0.25, 0.3) is 10.9 Å². The van der Waals surface area contributed by atoms with Crippen LogP contribution in [0.2, 0.25) is 5.02 Å². The molecule has 3 heterocycles. The van der Waals surface area contributed by atoms with Gasteiger partial charge in [0, 0.05) is 49.3 Å². The van der Waals surface area contributed by atoms with Crippen molar-refractivity contribution in [3.63, 3.8) is 0 Å². The molecule has 0 amide bonds. The molecule has 2 aliphatic heterocycles. The molecule has 33 heavy (non-hydrogen) atoms. The molecule has 2 aliphatic rings. The molecule has 1 saturated heterocycles. The number of fused-ring (bicyclic) bond motifs is 2. The molecule has 2 aromatic carbocycles. The number of hydrogen-bond donors (Lipinski definition) is 0. The highest BCUT2D eigenvalue weighted by molar-refractivity contribution is 6.31. The zero-order valence-corrected chi connectivity index (χ0v) is 19.5. The number of anilines is 1. The number of benzene rings is 2. The second-order valence-electron chi connectivity index (χ2n) is 8.31. The summed E-state index contributed by atoms with van der Waals surface area (Å²) in [7, 11) is 0. The highest BCUT2D eigenvalue weighted by Gasteiger charge is 2.26. The highest BCUT2D eigenvalue weighted by Crippen LogP contribution is 2.35. The van der Waals surface area contributed by atoms with Crippen LogP contribution in [0.5, 0.6) is 11.5 Å². The molecule has 0 saturated carbocycles. The molecule has 0 bridgehead atoms. The normalized spacial score (nSPS) is 15.8. The third kappa shape index (κ3) is 4.30. The summed E-state index contributed by atoms with van der Waals surface area (Å²) in [5.74, 6) is 1.25. The summed E-state index contributed by atoms with van der Waals surface area (Å²) in [4.78, 5) is 22.0. The van der Waals surface area contributed by atoms with Gasteiger partial charge in [0.25, 0.3) is 0 Å². The fourth-order valence-electron chi connectivity index (χ4n) is 4.55. The van der Waals surface area contributed by atoms with Crippen LogP contribution in [0, 0.1) is 6.92 Å². The van der Waals surface area contributed by atoms with E-state index in [1.54, 1.807) is 6.20 Å². The van der Waals surface area contributed by atoms with Gasteiger partial charge >= 0.3 is 5.97 Å². The summed E-state index contributed by atoms with van der Waals surface area (Å²) in [6.07, 6.45) is 1.63. The number of rotatable bonds is 5. The first-order chi connectivity index (χ1) is 16.0. The maximum absolute atomic E-state index is 12.8. The molecule has 0 aliphatic carbocycles. The highest BCUT2D eigenvalue weighted by atomic mass is 35.5. The third-order valence-electron chi connectivity index (χ3n) is 6.13. The largest absolute Gasteiger partial charge is 0.462 e. The standard InChI is InChI=1S/C25H26ClN3O4/c1-3-31-25(30)20-13-27-23-16(2)10-18(26)12-19(23)24(20)29-8-6-28(7-9-29)14-17-4-5-21-22(11-17)33-15-32-21/h4-5,10-13H,3,6-9,14-15H2,1-2H3. The van der Waals surface area contributed by atoms with Crippen molar-refractivity contribution in [2.75, 3.05) is 44.5 Å². The van der Waals surface area contributed by atoms with Gasteiger partial charge in [-0.05, 0) is 49.2 Å². The van der Waals surface area contributed by atoms with E-state index in [4.69, 9.17) is 25.8 Å². The average Bonchev–Trinajstić information content (AvgIpc) is 3.27. The third-order valence-corrected chi connectivity index (χ3v) is 6.34. The molecule has 0 unspecified atom stereocenters. The van der Waals surface area contributed by atoms with Gasteiger partial charge in [-0.15, -0.1) is 0 Å². The SMILES string of the molecule is CCOC(=O)c1cnc2c(C)cc(Cl)cc2c1N1CCN(Cc2ccc3c(c2)OCO3)CC1. The maximum atomic E-state index is 12.8. The number of esters is 1. The molecule has 7 nitrogen and oxygen atoms in total. The Bertz CT molecular complexity index is 1210. The first-order valence-corrected chi connectivity index (χ1v) is 11.5. The first kappa shape index (κ1) is 21.8. The molecular formula is C25H26ClN3O4. The second-order valence-corrected chi connectivity index (χ2v) is 8.75. The van der Waals surface area contributed by atoms with E-state index >= 15 is 0 Å². The van der Waals surface area contributed by atoms with Gasteiger partial charge in [0.1, 0.15) is 5.56 Å². The predicted octanol–water partition coefficient (Wildman–Crippen LogP) is 4.42. The van der Waals surface area contributed by atoms with Gasteiger partial charge in [-0.3, -0.25) is 9.88 Å². The minimum Gasteiger partial charge on any atom is -0.462 e. The van der Waals surface area contributed by atoms with Crippen LogP contribution in [-0.4, -0.2) is 55.4 Å². The molecule has 1 fully saturated rings. The second kappa shape index (κ2) is 9.08. The monoisotopic (exact) mass is 467 g/mol. The van der Waals surface area contributed by atoms with E-state index in [0.29, 0.717) is 17.2 Å². The average molecular weight is 468 g/mol. The number of halogens is 1. The van der Waals surface area contributed by atoms with Gasteiger partial charge in [0.2, 0.25) is 6.79 Å². The Labute approximate surface area is 197 Å². The van der Waals surface area contributed by atoms with E-state index in [1.165, 1.54) is 5.56 Å². The fourth-order valence-corrected chi connectivity index (χ4v) is 4.82. The number of pyridine rings is 1. The first-order valence-electron chi connectivity index (χ1n) is 11.2. The van der Waals surface area contributed by atoms with Crippen LogP contribution in [0.3, 0.4) is 0 Å². The number of carbonyl (C=O) groups excluding carboxylic acids is 1. The lowest BCUT2D eigenvalue weighted by Crippen LogP contribution is -2.46. The van der Waals surface area contributed by atoms with Gasteiger partial charge < -0.3 is 19.1 Å². The quantitative estimate of drug-likeness (QED) is 0.514. The van der Waals surface area contributed by atoms with Crippen molar-refractivity contribution in [2.45, 2.75) is 20.4 Å². The van der Waals surface area contributed by atoms with Crippen molar-refractivity contribution >= 4 is 34.2 Å². The number of aromatic nitrogens is 1. The molecule has 0 atom stereocenters. The number of hydrogen-bond acceptors (Lipinski definition) is 7. The van der Waals surface area contributed by atoms with Crippen molar-refractivity contribution in [3.05, 3.63) is 58.2 Å². The van der Waals surface area contributed by atoms with E-state index in [9.17, 15) is 4.79 Å². The number of aryl methyl sites for hydroxylation is 1. The summed E-state index contributed by atoms with van der Waals surface area (Å²) in [6, 6.07) is 9.89. The van der Waals surface area contributed by atoms with E-state index in [2.05, 4.69) is 26.9 Å². The number of carbonyl (C=O) groups is 1. The van der Waals surface area contributed by atoms with E-state index in [0.717, 1.165) is 66.4 Å². The number of piperazine rings is 1. The van der Waals surface area contributed by atoms with Crippen molar-refractivity contribution in [3.8, 4) is 11.5 Å². The molecule has 0 spiro atoms. The topological polar surface area (TPSA) is 64.1 Å². The number of nitrogens with zero attached hydrogens (tertiary/aromatic N) is 3. The Kier molecular flexibility index (Phi) is 6.00. The Morgan fingerprint density at radius 2 is 1.91 bits per heavy atom. The fraction of sp³-hybridized carbons (Fsp3) is 0.360. The smallest absolute Gasteiger partial charge is 0.341 e. The van der Waals surface area contributed by atoms with Gasteiger partial charge in [0.15, 0.2) is 11.5 Å². The van der Waals surface area contributed by atoms with Crippen LogP contribution in [0.1, 0.15) is 28.4 Å². The van der Waals surface area contributed by atoms with E-state index in [-0.39, 0.29) is 12.8 Å². The van der Waals surface area contributed by atoms with Crippen LogP contribution in [0.4, 0.5) is 5.69 Å². The van der Waals surface area contributed by atoms with Crippen molar-refractivity contribution in [1.29, 1.82) is 0 Å². The van der Waals surface area contributed by atoms with Crippen LogP contribution in [-0.2, 0) is 11.3 Å². The summed E-state index contributed by atoms with van der Waals surface area (Å²) in [5, 5.41) is 1.51. The molecule has 172 valence electrons. The predicted molar refractivity (Wildman–Crippen MR) is 128 cm³/mol. The van der Waals surface area contributed by atoms with Crippen molar-refractivity contribution in [2.24, 2.45) is 0 Å². The summed E-state index contributed by atoms with van der Waals surface area (Å²) in [6.45, 7) is 8.50. The zero-order chi connectivity index (χ0) is 22.9. The van der Waals surface area contributed by atoms with Gasteiger partial charge in [-0.1, -0.05) is 17.7 Å². The molecule has 0 N–H and O–H groups in total. The Morgan fingerprint density at radius 1 is 1.12 bits per heavy atom. The lowest BCUT2D eigenvalue weighted by atomic mass is 10.0. The molecular weight excluding hydrogens is 442 g/mol. The molecule has 1 aromatic heterocycles. The molecule has 0 radical (unpaired) electrons. The van der Waals surface area contributed by atoms with Gasteiger partial charge in [0.05, 0.1) is 17.8 Å². The molecule has 8 heteroatoms. The number of ether oxygens (including phenoxy) is 3. The van der Waals surface area contributed by atoms with E-state index in [1.807, 2.05) is 32.0 Å². The van der Waals surface area contributed by atoms with Crippen molar-refractivity contribution < 1.29 is 19.0 Å². The summed E-state index contributed by atoms with van der Waals surface area (Å²) < 4.78 is 16.3. The molecule has 3 aromatic rings. The lowest BCUT2D eigenvalue weighted by molar-refractivity contribution is 0.0526. The van der Waals surface area contributed by atoms with Gasteiger partial charge in [-0.25, -0.2) is 4.79 Å². The Morgan fingerprint density at radius 3 is 2.70 bits per heavy atom. The van der Waals surface area contributed by atoms with Crippen LogP contribution in [0.15, 0.2) is 36.5 Å². The molecule has 5 rings (SSSR count). The Balaban J connectivity index is 1.40.